The van der Waals surface area contributed by atoms with Gasteiger partial charge < -0.3 is 15.2 Å². The fraction of sp³-hybridized carbons (Fsp3) is 0.235. The van der Waals surface area contributed by atoms with E-state index in [0.29, 0.717) is 10.6 Å². The first-order valence-electron chi connectivity index (χ1n) is 7.48. The molecule has 0 atom stereocenters. The number of ether oxygens (including phenoxy) is 1. The molecule has 2 aromatic rings. The van der Waals surface area contributed by atoms with Crippen molar-refractivity contribution in [1.29, 1.82) is 0 Å². The van der Waals surface area contributed by atoms with Crippen LogP contribution in [0.1, 0.15) is 30.1 Å². The summed E-state index contributed by atoms with van der Waals surface area (Å²) < 4.78 is 6.01. The zero-order valence-electron chi connectivity index (χ0n) is 13.4. The molecule has 0 unspecified atom stereocenters. The predicted molar refractivity (Wildman–Crippen MR) is 98.9 cm³/mol. The maximum absolute atomic E-state index is 12.4. The lowest BCUT2D eigenvalue weighted by molar-refractivity contribution is -0.138. The lowest BCUT2D eigenvalue weighted by Gasteiger charge is -2.08. The largest absolute Gasteiger partial charge is 0.481 e. The molecule has 0 aliphatic carbocycles. The second-order valence-electron chi connectivity index (χ2n) is 5.02. The number of amides is 1. The van der Waals surface area contributed by atoms with Crippen LogP contribution in [0.4, 0.5) is 5.00 Å². The van der Waals surface area contributed by atoms with Crippen LogP contribution in [0.25, 0.3) is 11.1 Å². The van der Waals surface area contributed by atoms with Gasteiger partial charge in [0.05, 0.1) is 13.0 Å². The molecule has 0 radical (unpaired) electrons. The van der Waals surface area contributed by atoms with Crippen LogP contribution in [0, 0.1) is 0 Å². The lowest BCUT2D eigenvalue weighted by atomic mass is 10.0. The monoisotopic (exact) mass is 425 g/mol. The second-order valence-corrected chi connectivity index (χ2v) is 6.82. The third-order valence-electron chi connectivity index (χ3n) is 3.24. The average Bonchev–Trinajstić information content (AvgIpc) is 2.97. The smallest absolute Gasteiger partial charge is 0.341 e. The van der Waals surface area contributed by atoms with Crippen LogP contribution in [-0.4, -0.2) is 29.6 Å². The SMILES string of the molecule is CCOC(=O)c1c(-c2ccc(Br)cc2)csc1NC(=O)CCC(=O)O. The first-order chi connectivity index (χ1) is 11.9. The summed E-state index contributed by atoms with van der Waals surface area (Å²) in [6, 6.07) is 7.41. The van der Waals surface area contributed by atoms with Crippen molar-refractivity contribution >= 4 is 50.1 Å². The summed E-state index contributed by atoms with van der Waals surface area (Å²) in [5, 5.41) is 13.4. The molecule has 0 fully saturated rings. The van der Waals surface area contributed by atoms with E-state index in [2.05, 4.69) is 21.2 Å². The maximum Gasteiger partial charge on any atom is 0.341 e. The number of rotatable bonds is 7. The lowest BCUT2D eigenvalue weighted by Crippen LogP contribution is -2.15. The zero-order valence-corrected chi connectivity index (χ0v) is 15.8. The van der Waals surface area contributed by atoms with Gasteiger partial charge in [0.25, 0.3) is 0 Å². The number of halogens is 1. The van der Waals surface area contributed by atoms with Gasteiger partial charge in [-0.05, 0) is 24.6 Å². The van der Waals surface area contributed by atoms with E-state index in [0.717, 1.165) is 10.0 Å². The number of hydrogen-bond acceptors (Lipinski definition) is 5. The molecule has 0 bridgehead atoms. The van der Waals surface area contributed by atoms with Gasteiger partial charge in [0, 0.05) is 21.8 Å². The van der Waals surface area contributed by atoms with E-state index < -0.39 is 17.8 Å². The number of esters is 1. The Bertz CT molecular complexity index is 785. The topological polar surface area (TPSA) is 92.7 Å². The Kier molecular flexibility index (Phi) is 6.72. The molecule has 6 nitrogen and oxygen atoms in total. The summed E-state index contributed by atoms with van der Waals surface area (Å²) in [5.41, 5.74) is 1.75. The summed E-state index contributed by atoms with van der Waals surface area (Å²) in [6.07, 6.45) is -0.436. The molecule has 1 amide bonds. The van der Waals surface area contributed by atoms with Crippen molar-refractivity contribution in [3.8, 4) is 11.1 Å². The van der Waals surface area contributed by atoms with E-state index in [1.807, 2.05) is 24.3 Å². The van der Waals surface area contributed by atoms with Gasteiger partial charge in [0.1, 0.15) is 10.6 Å². The minimum atomic E-state index is -1.05. The van der Waals surface area contributed by atoms with Crippen LogP contribution in [0.5, 0.6) is 0 Å². The molecule has 0 aliphatic rings. The Labute approximate surface area is 156 Å². The minimum Gasteiger partial charge on any atom is -0.481 e. The Balaban J connectivity index is 2.33. The first-order valence-corrected chi connectivity index (χ1v) is 9.15. The van der Waals surface area contributed by atoms with Crippen molar-refractivity contribution in [2.45, 2.75) is 19.8 Å². The van der Waals surface area contributed by atoms with Crippen molar-refractivity contribution in [1.82, 2.24) is 0 Å². The van der Waals surface area contributed by atoms with E-state index in [-0.39, 0.29) is 25.0 Å². The Morgan fingerprint density at radius 1 is 1.20 bits per heavy atom. The molecule has 2 rings (SSSR count). The van der Waals surface area contributed by atoms with Crippen LogP contribution in [0.15, 0.2) is 34.1 Å². The second kappa shape index (κ2) is 8.77. The molecule has 132 valence electrons. The van der Waals surface area contributed by atoms with Crippen LogP contribution in [-0.2, 0) is 14.3 Å². The molecule has 1 aromatic heterocycles. The van der Waals surface area contributed by atoms with Crippen LogP contribution in [0.2, 0.25) is 0 Å². The third-order valence-corrected chi connectivity index (χ3v) is 4.67. The van der Waals surface area contributed by atoms with Crippen molar-refractivity contribution in [2.75, 3.05) is 11.9 Å². The van der Waals surface area contributed by atoms with Crippen molar-refractivity contribution in [3.63, 3.8) is 0 Å². The highest BCUT2D eigenvalue weighted by molar-refractivity contribution is 9.10. The third kappa shape index (κ3) is 5.14. The molecular formula is C17H16BrNO5S. The van der Waals surface area contributed by atoms with Crippen molar-refractivity contribution in [3.05, 3.63) is 39.7 Å². The van der Waals surface area contributed by atoms with E-state index in [1.54, 1.807) is 12.3 Å². The minimum absolute atomic E-state index is 0.164. The van der Waals surface area contributed by atoms with E-state index >= 15 is 0 Å². The van der Waals surface area contributed by atoms with Crippen molar-refractivity contribution in [2.24, 2.45) is 0 Å². The molecule has 1 heterocycles. The predicted octanol–water partition coefficient (Wildman–Crippen LogP) is 4.16. The van der Waals surface area contributed by atoms with Gasteiger partial charge in [0.15, 0.2) is 0 Å². The first kappa shape index (κ1) is 19.1. The van der Waals surface area contributed by atoms with Crippen LogP contribution in [0.3, 0.4) is 0 Å². The molecule has 0 aliphatic heterocycles. The Morgan fingerprint density at radius 2 is 1.88 bits per heavy atom. The molecular weight excluding hydrogens is 410 g/mol. The fourth-order valence-electron chi connectivity index (χ4n) is 2.11. The van der Waals surface area contributed by atoms with E-state index in [9.17, 15) is 14.4 Å². The van der Waals surface area contributed by atoms with Crippen molar-refractivity contribution < 1.29 is 24.2 Å². The van der Waals surface area contributed by atoms with E-state index in [1.165, 1.54) is 11.3 Å². The number of hydrogen-bond donors (Lipinski definition) is 2. The highest BCUT2D eigenvalue weighted by atomic mass is 79.9. The van der Waals surface area contributed by atoms with E-state index in [4.69, 9.17) is 9.84 Å². The van der Waals surface area contributed by atoms with Gasteiger partial charge in [-0.3, -0.25) is 9.59 Å². The molecule has 0 saturated heterocycles. The number of carboxylic acid groups (broad SMARTS) is 1. The highest BCUT2D eigenvalue weighted by Crippen LogP contribution is 2.36. The number of anilines is 1. The van der Waals surface area contributed by atoms with Gasteiger partial charge in [-0.2, -0.15) is 0 Å². The molecule has 2 N–H and O–H groups in total. The molecule has 25 heavy (non-hydrogen) atoms. The average molecular weight is 426 g/mol. The number of carbonyl (C=O) groups excluding carboxylic acids is 2. The van der Waals surface area contributed by atoms with Gasteiger partial charge in [0.2, 0.25) is 5.91 Å². The van der Waals surface area contributed by atoms with Gasteiger partial charge in [-0.25, -0.2) is 4.79 Å². The maximum atomic E-state index is 12.4. The number of carbonyl (C=O) groups is 3. The summed E-state index contributed by atoms with van der Waals surface area (Å²) in [4.78, 5) is 34.9. The zero-order chi connectivity index (χ0) is 18.4. The van der Waals surface area contributed by atoms with Gasteiger partial charge in [-0.15, -0.1) is 11.3 Å². The summed E-state index contributed by atoms with van der Waals surface area (Å²) in [5.74, 6) is -2.05. The van der Waals surface area contributed by atoms with Gasteiger partial charge in [-0.1, -0.05) is 28.1 Å². The number of nitrogens with one attached hydrogen (secondary N) is 1. The van der Waals surface area contributed by atoms with Gasteiger partial charge >= 0.3 is 11.9 Å². The summed E-state index contributed by atoms with van der Waals surface area (Å²) in [7, 11) is 0. The van der Waals surface area contributed by atoms with Crippen LogP contribution < -0.4 is 5.32 Å². The standard InChI is InChI=1S/C17H16BrNO5S/c1-2-24-17(23)15-12(10-3-5-11(18)6-4-10)9-25-16(15)19-13(20)7-8-14(21)22/h3-6,9H,2,7-8H2,1H3,(H,19,20)(H,21,22). The molecule has 0 saturated carbocycles. The number of thiophene rings is 1. The quantitative estimate of drug-likeness (QED) is 0.649. The summed E-state index contributed by atoms with van der Waals surface area (Å²) >= 11 is 4.56. The molecule has 0 spiro atoms. The summed E-state index contributed by atoms with van der Waals surface area (Å²) in [6.45, 7) is 1.91. The number of benzene rings is 1. The Hall–Kier alpha value is -2.19. The molecule has 1 aromatic carbocycles. The molecule has 8 heteroatoms. The fourth-order valence-corrected chi connectivity index (χ4v) is 3.35. The number of carboxylic acids is 1. The number of aliphatic carboxylic acids is 1. The highest BCUT2D eigenvalue weighted by Gasteiger charge is 2.22. The van der Waals surface area contributed by atoms with Crippen LogP contribution >= 0.6 is 27.3 Å². The normalized spacial score (nSPS) is 10.3. The Morgan fingerprint density at radius 3 is 2.48 bits per heavy atom.